The van der Waals surface area contributed by atoms with E-state index in [2.05, 4.69) is 0 Å². The number of hydrogen-bond donors (Lipinski definition) is 2. The summed E-state index contributed by atoms with van der Waals surface area (Å²) in [6.45, 7) is 2.95. The summed E-state index contributed by atoms with van der Waals surface area (Å²) in [5, 5.41) is 11.1. The maximum Gasteiger partial charge on any atom is 0.391 e. The van der Waals surface area contributed by atoms with Crippen molar-refractivity contribution >= 4 is 23.5 Å². The Balaban J connectivity index is 2.95. The summed E-state index contributed by atoms with van der Waals surface area (Å²) < 4.78 is 37.1. The van der Waals surface area contributed by atoms with Crippen molar-refractivity contribution in [2.45, 2.75) is 37.9 Å². The van der Waals surface area contributed by atoms with E-state index in [4.69, 9.17) is 16.7 Å². The van der Waals surface area contributed by atoms with E-state index in [1.165, 1.54) is 19.9 Å². The van der Waals surface area contributed by atoms with Crippen molar-refractivity contribution in [1.82, 2.24) is 5.32 Å². The number of nitrogens with one attached hydrogen (secondary N) is 1. The Bertz CT molecular complexity index is 573. The van der Waals surface area contributed by atoms with Gasteiger partial charge in [-0.1, -0.05) is 23.7 Å². The summed E-state index contributed by atoms with van der Waals surface area (Å²) in [4.78, 5) is 23.1. The van der Waals surface area contributed by atoms with Crippen molar-refractivity contribution < 1.29 is 27.9 Å². The predicted octanol–water partition coefficient (Wildman–Crippen LogP) is 3.14. The maximum absolute atomic E-state index is 12.4. The molecule has 1 aromatic rings. The number of hydrogen-bond acceptors (Lipinski definition) is 2. The molecule has 122 valence electrons. The van der Waals surface area contributed by atoms with Crippen LogP contribution in [0, 0.1) is 0 Å². The summed E-state index contributed by atoms with van der Waals surface area (Å²) in [5.41, 5.74) is -0.766. The van der Waals surface area contributed by atoms with Crippen molar-refractivity contribution in [3.8, 4) is 0 Å². The first-order chi connectivity index (χ1) is 9.93. The molecular formula is C14H15ClF3NO3. The molecule has 1 amide bonds. The van der Waals surface area contributed by atoms with E-state index >= 15 is 0 Å². The Morgan fingerprint density at radius 2 is 1.91 bits per heavy atom. The minimum atomic E-state index is -4.70. The van der Waals surface area contributed by atoms with Crippen molar-refractivity contribution in [2.24, 2.45) is 0 Å². The van der Waals surface area contributed by atoms with E-state index in [0.717, 1.165) is 0 Å². The fraction of sp³-hybridized carbons (Fsp3) is 0.429. The molecule has 0 heterocycles. The second-order valence-electron chi connectivity index (χ2n) is 5.32. The third-order valence-corrected chi connectivity index (χ3v) is 3.39. The van der Waals surface area contributed by atoms with Crippen LogP contribution >= 0.6 is 11.6 Å². The van der Waals surface area contributed by atoms with Crippen LogP contribution in [0.4, 0.5) is 13.2 Å². The molecule has 0 spiro atoms. The van der Waals surface area contributed by atoms with Crippen LogP contribution in [0.5, 0.6) is 0 Å². The Morgan fingerprint density at radius 3 is 2.36 bits per heavy atom. The van der Waals surface area contributed by atoms with Crippen molar-refractivity contribution in [3.05, 3.63) is 34.9 Å². The lowest BCUT2D eigenvalue weighted by molar-refractivity contribution is -0.160. The van der Waals surface area contributed by atoms with E-state index in [-0.39, 0.29) is 0 Å². The lowest BCUT2D eigenvalue weighted by Gasteiger charge is -2.27. The van der Waals surface area contributed by atoms with Crippen LogP contribution in [0.25, 0.3) is 0 Å². The van der Waals surface area contributed by atoms with Gasteiger partial charge in [-0.3, -0.25) is 4.79 Å². The highest BCUT2D eigenvalue weighted by molar-refractivity contribution is 6.30. The summed E-state index contributed by atoms with van der Waals surface area (Å²) in [6, 6.07) is 4.23. The van der Waals surface area contributed by atoms with Crippen LogP contribution in [0.2, 0.25) is 5.02 Å². The molecule has 0 fully saturated rings. The fourth-order valence-electron chi connectivity index (χ4n) is 1.78. The molecule has 0 aromatic heterocycles. The molecule has 0 radical (unpaired) electrons. The molecule has 4 nitrogen and oxygen atoms in total. The van der Waals surface area contributed by atoms with Crippen molar-refractivity contribution in [3.63, 3.8) is 0 Å². The van der Waals surface area contributed by atoms with Gasteiger partial charge in [-0.25, -0.2) is 4.79 Å². The van der Waals surface area contributed by atoms with Crippen LogP contribution in [0.1, 0.15) is 25.8 Å². The number of carbonyl (C=O) groups is 2. The SMILES string of the molecule is CC(C)(C(=O)NC(CC(F)(F)F)C(=O)O)c1cccc(Cl)c1. The quantitative estimate of drug-likeness (QED) is 0.867. The van der Waals surface area contributed by atoms with Crippen LogP contribution in [-0.2, 0) is 15.0 Å². The molecule has 0 aliphatic carbocycles. The van der Waals surface area contributed by atoms with Crippen LogP contribution in [0.3, 0.4) is 0 Å². The number of benzene rings is 1. The molecule has 0 saturated heterocycles. The number of halogens is 4. The average molecular weight is 338 g/mol. The lowest BCUT2D eigenvalue weighted by Crippen LogP contribution is -2.49. The molecule has 22 heavy (non-hydrogen) atoms. The van der Waals surface area contributed by atoms with E-state index in [1.807, 2.05) is 5.32 Å². The largest absolute Gasteiger partial charge is 0.480 e. The Morgan fingerprint density at radius 1 is 1.32 bits per heavy atom. The number of aliphatic carboxylic acids is 1. The second-order valence-corrected chi connectivity index (χ2v) is 5.76. The summed E-state index contributed by atoms with van der Waals surface area (Å²) in [7, 11) is 0. The molecular weight excluding hydrogens is 323 g/mol. The van der Waals surface area contributed by atoms with E-state index in [0.29, 0.717) is 10.6 Å². The lowest BCUT2D eigenvalue weighted by atomic mass is 9.83. The van der Waals surface area contributed by atoms with Gasteiger partial charge in [-0.2, -0.15) is 13.2 Å². The second kappa shape index (κ2) is 6.56. The monoisotopic (exact) mass is 337 g/mol. The molecule has 0 aliphatic rings. The maximum atomic E-state index is 12.4. The van der Waals surface area contributed by atoms with Gasteiger partial charge in [0.25, 0.3) is 0 Å². The van der Waals surface area contributed by atoms with E-state index in [9.17, 15) is 22.8 Å². The van der Waals surface area contributed by atoms with Gasteiger partial charge in [0.15, 0.2) is 0 Å². The number of carboxylic acids is 1. The van der Waals surface area contributed by atoms with Gasteiger partial charge >= 0.3 is 12.1 Å². The normalized spacial score (nSPS) is 13.5. The standard InChI is InChI=1S/C14H15ClF3NO3/c1-13(2,8-4-3-5-9(15)6-8)12(22)19-10(11(20)21)7-14(16,17)18/h3-6,10H,7H2,1-2H3,(H,19,22)(H,20,21). The molecule has 1 unspecified atom stereocenters. The Kier molecular flexibility index (Phi) is 5.45. The topological polar surface area (TPSA) is 66.4 Å². The van der Waals surface area contributed by atoms with Crippen LogP contribution < -0.4 is 5.32 Å². The highest BCUT2D eigenvalue weighted by atomic mass is 35.5. The Labute approximate surface area is 130 Å². The fourth-order valence-corrected chi connectivity index (χ4v) is 1.97. The molecule has 1 rings (SSSR count). The molecule has 0 aliphatic heterocycles. The third-order valence-electron chi connectivity index (χ3n) is 3.15. The third kappa shape index (κ3) is 4.91. The van der Waals surface area contributed by atoms with Crippen LogP contribution in [0.15, 0.2) is 24.3 Å². The summed E-state index contributed by atoms with van der Waals surface area (Å²) >= 11 is 5.82. The van der Waals surface area contributed by atoms with Gasteiger partial charge < -0.3 is 10.4 Å². The number of amides is 1. The van der Waals surface area contributed by atoms with E-state index < -0.39 is 35.9 Å². The number of alkyl halides is 3. The van der Waals surface area contributed by atoms with Gasteiger partial charge in [-0.05, 0) is 31.5 Å². The van der Waals surface area contributed by atoms with Gasteiger partial charge in [0, 0.05) is 5.02 Å². The smallest absolute Gasteiger partial charge is 0.391 e. The molecule has 0 saturated carbocycles. The zero-order chi connectivity index (χ0) is 17.1. The summed E-state index contributed by atoms with van der Waals surface area (Å²) in [5.74, 6) is -2.57. The highest BCUT2D eigenvalue weighted by Gasteiger charge is 2.39. The highest BCUT2D eigenvalue weighted by Crippen LogP contribution is 2.27. The molecule has 1 aromatic carbocycles. The molecule has 2 N–H and O–H groups in total. The zero-order valence-corrected chi connectivity index (χ0v) is 12.6. The number of carbonyl (C=O) groups excluding carboxylic acids is 1. The minimum absolute atomic E-state index is 0.364. The van der Waals surface area contributed by atoms with E-state index in [1.54, 1.807) is 18.2 Å². The first kappa shape index (κ1) is 18.3. The minimum Gasteiger partial charge on any atom is -0.480 e. The number of carboxylic acid groups (broad SMARTS) is 1. The molecule has 1 atom stereocenters. The van der Waals surface area contributed by atoms with Gasteiger partial charge in [-0.15, -0.1) is 0 Å². The van der Waals surface area contributed by atoms with Crippen LogP contribution in [-0.4, -0.2) is 29.2 Å². The van der Waals surface area contributed by atoms with Crippen molar-refractivity contribution in [1.29, 1.82) is 0 Å². The predicted molar refractivity (Wildman–Crippen MR) is 74.7 cm³/mol. The first-order valence-electron chi connectivity index (χ1n) is 6.30. The molecule has 0 bridgehead atoms. The average Bonchev–Trinajstić information content (AvgIpc) is 2.36. The summed E-state index contributed by atoms with van der Waals surface area (Å²) in [6.07, 6.45) is -6.34. The molecule has 8 heteroatoms. The first-order valence-corrected chi connectivity index (χ1v) is 6.68. The van der Waals surface area contributed by atoms with Crippen molar-refractivity contribution in [2.75, 3.05) is 0 Å². The number of rotatable bonds is 5. The Hall–Kier alpha value is -1.76. The van der Waals surface area contributed by atoms with Gasteiger partial charge in [0.05, 0.1) is 11.8 Å². The van der Waals surface area contributed by atoms with Gasteiger partial charge in [0.2, 0.25) is 5.91 Å². The van der Waals surface area contributed by atoms with Gasteiger partial charge in [0.1, 0.15) is 6.04 Å². The zero-order valence-electron chi connectivity index (χ0n) is 11.9.